The molecule has 2 aromatic rings. The molecule has 1 heterocycles. The number of nitrogen functional groups attached to an aromatic ring is 1. The zero-order valence-corrected chi connectivity index (χ0v) is 11.9. The van der Waals surface area contributed by atoms with Gasteiger partial charge in [0.2, 0.25) is 0 Å². The summed E-state index contributed by atoms with van der Waals surface area (Å²) in [6.45, 7) is 0. The monoisotopic (exact) mass is 311 g/mol. The summed E-state index contributed by atoms with van der Waals surface area (Å²) in [6.07, 6.45) is 0.131. The van der Waals surface area contributed by atoms with Crippen molar-refractivity contribution >= 4 is 40.5 Å². The fourth-order valence-corrected chi connectivity index (χ4v) is 2.32. The molecular weight excluding hydrogens is 305 g/mol. The van der Waals surface area contributed by atoms with Crippen LogP contribution in [-0.4, -0.2) is 4.98 Å². The number of anilines is 1. The number of nitrogens with two attached hydrogens (primary N) is 1. The molecule has 1 aromatic heterocycles. The number of pyridine rings is 1. The third kappa shape index (κ3) is 2.93. The van der Waals surface area contributed by atoms with Crippen molar-refractivity contribution in [1.82, 2.24) is 4.98 Å². The van der Waals surface area contributed by atoms with Crippen molar-refractivity contribution in [2.75, 3.05) is 5.73 Å². The van der Waals surface area contributed by atoms with Crippen molar-refractivity contribution in [3.8, 4) is 17.3 Å². The van der Waals surface area contributed by atoms with E-state index >= 15 is 0 Å². The number of rotatable bonds is 2. The molecule has 0 bridgehead atoms. The third-order valence-corrected chi connectivity index (χ3v) is 3.55. The molecule has 0 saturated carbocycles. The SMILES string of the molecule is N#CCc1nc(-c2cc(Cl)cc(Cl)c2Cl)ccc1N. The highest BCUT2D eigenvalue weighted by atomic mass is 35.5. The molecule has 0 aliphatic heterocycles. The van der Waals surface area contributed by atoms with Gasteiger partial charge in [-0.2, -0.15) is 5.26 Å². The van der Waals surface area contributed by atoms with Crippen LogP contribution in [0.3, 0.4) is 0 Å². The van der Waals surface area contributed by atoms with Gasteiger partial charge in [0.1, 0.15) is 0 Å². The maximum absolute atomic E-state index is 8.73. The highest BCUT2D eigenvalue weighted by molar-refractivity contribution is 6.45. The molecule has 2 rings (SSSR count). The van der Waals surface area contributed by atoms with Gasteiger partial charge >= 0.3 is 0 Å². The van der Waals surface area contributed by atoms with Crippen molar-refractivity contribution in [2.45, 2.75) is 6.42 Å². The Hall–Kier alpha value is -1.47. The van der Waals surface area contributed by atoms with Crippen molar-refractivity contribution < 1.29 is 0 Å². The lowest BCUT2D eigenvalue weighted by molar-refractivity contribution is 1.12. The van der Waals surface area contributed by atoms with Gasteiger partial charge in [0.05, 0.1) is 39.6 Å². The average Bonchev–Trinajstić information content (AvgIpc) is 2.37. The first-order valence-electron chi connectivity index (χ1n) is 5.30. The molecule has 0 unspecified atom stereocenters. The highest BCUT2D eigenvalue weighted by Crippen LogP contribution is 2.36. The van der Waals surface area contributed by atoms with E-state index in [9.17, 15) is 0 Å². The van der Waals surface area contributed by atoms with E-state index < -0.39 is 0 Å². The zero-order chi connectivity index (χ0) is 14.0. The lowest BCUT2D eigenvalue weighted by Gasteiger charge is -2.09. The summed E-state index contributed by atoms with van der Waals surface area (Å²) in [4.78, 5) is 4.33. The largest absolute Gasteiger partial charge is 0.397 e. The Balaban J connectivity index is 2.60. The number of halogens is 3. The lowest BCUT2D eigenvalue weighted by Crippen LogP contribution is -1.98. The lowest BCUT2D eigenvalue weighted by atomic mass is 10.1. The molecule has 0 fully saturated rings. The van der Waals surface area contributed by atoms with E-state index in [-0.39, 0.29) is 6.42 Å². The molecule has 96 valence electrons. The topological polar surface area (TPSA) is 62.7 Å². The van der Waals surface area contributed by atoms with Crippen LogP contribution in [0.1, 0.15) is 5.69 Å². The molecule has 2 N–H and O–H groups in total. The van der Waals surface area contributed by atoms with E-state index in [1.54, 1.807) is 24.3 Å². The molecule has 19 heavy (non-hydrogen) atoms. The first-order chi connectivity index (χ1) is 9.02. The van der Waals surface area contributed by atoms with Crippen LogP contribution < -0.4 is 5.73 Å². The summed E-state index contributed by atoms with van der Waals surface area (Å²) in [5.41, 5.74) is 7.91. The van der Waals surface area contributed by atoms with Gasteiger partial charge in [-0.25, -0.2) is 4.98 Å². The van der Waals surface area contributed by atoms with Gasteiger partial charge in [-0.05, 0) is 24.3 Å². The minimum absolute atomic E-state index is 0.131. The van der Waals surface area contributed by atoms with Gasteiger partial charge in [-0.1, -0.05) is 34.8 Å². The molecular formula is C13H8Cl3N3. The molecule has 0 aliphatic rings. The molecule has 0 atom stereocenters. The molecule has 0 saturated heterocycles. The zero-order valence-electron chi connectivity index (χ0n) is 9.62. The van der Waals surface area contributed by atoms with Gasteiger partial charge in [0.15, 0.2) is 0 Å². The summed E-state index contributed by atoms with van der Waals surface area (Å²) >= 11 is 18.1. The Morgan fingerprint density at radius 1 is 1.21 bits per heavy atom. The Morgan fingerprint density at radius 2 is 1.95 bits per heavy atom. The van der Waals surface area contributed by atoms with Crippen LogP contribution in [0.4, 0.5) is 5.69 Å². The van der Waals surface area contributed by atoms with Crippen LogP contribution in [0.25, 0.3) is 11.3 Å². The maximum Gasteiger partial charge on any atom is 0.0795 e. The van der Waals surface area contributed by atoms with Crippen molar-refractivity contribution in [3.05, 3.63) is 45.0 Å². The molecule has 0 amide bonds. The van der Waals surface area contributed by atoms with Crippen LogP contribution in [0.2, 0.25) is 15.1 Å². The number of aromatic nitrogens is 1. The summed E-state index contributed by atoms with van der Waals surface area (Å²) < 4.78 is 0. The van der Waals surface area contributed by atoms with Crippen LogP contribution in [0, 0.1) is 11.3 Å². The Kier molecular flexibility index (Phi) is 4.16. The Morgan fingerprint density at radius 3 is 2.63 bits per heavy atom. The van der Waals surface area contributed by atoms with Crippen molar-refractivity contribution in [1.29, 1.82) is 5.26 Å². The molecule has 0 aliphatic carbocycles. The normalized spacial score (nSPS) is 10.2. The number of hydrogen-bond donors (Lipinski definition) is 1. The Labute approximate surface area is 125 Å². The van der Waals surface area contributed by atoms with Crippen LogP contribution in [0.5, 0.6) is 0 Å². The minimum Gasteiger partial charge on any atom is -0.397 e. The predicted octanol–water partition coefficient (Wildman–Crippen LogP) is 4.36. The van der Waals surface area contributed by atoms with Gasteiger partial charge < -0.3 is 5.73 Å². The van der Waals surface area contributed by atoms with Gasteiger partial charge in [0, 0.05) is 10.6 Å². The highest BCUT2D eigenvalue weighted by Gasteiger charge is 2.12. The van der Waals surface area contributed by atoms with E-state index in [4.69, 9.17) is 45.8 Å². The fraction of sp³-hybridized carbons (Fsp3) is 0.0769. The average molecular weight is 313 g/mol. The molecule has 1 aromatic carbocycles. The molecule has 0 spiro atoms. The van der Waals surface area contributed by atoms with Gasteiger partial charge in [0.25, 0.3) is 0 Å². The van der Waals surface area contributed by atoms with E-state index in [0.717, 1.165) is 0 Å². The first-order valence-corrected chi connectivity index (χ1v) is 6.43. The second-order valence-corrected chi connectivity index (χ2v) is 5.04. The standard InChI is InChI=1S/C13H8Cl3N3/c14-7-5-8(13(16)9(15)6-7)11-2-1-10(18)12(19-11)3-4-17/h1-2,5-6H,3,18H2. The summed E-state index contributed by atoms with van der Waals surface area (Å²) in [5.74, 6) is 0. The Bertz CT molecular complexity index is 678. The van der Waals surface area contributed by atoms with Crippen LogP contribution >= 0.6 is 34.8 Å². The van der Waals surface area contributed by atoms with E-state index in [1.165, 1.54) is 0 Å². The quantitative estimate of drug-likeness (QED) is 0.838. The maximum atomic E-state index is 8.73. The molecule has 6 heteroatoms. The van der Waals surface area contributed by atoms with Gasteiger partial charge in [-0.15, -0.1) is 0 Å². The number of hydrogen-bond acceptors (Lipinski definition) is 3. The van der Waals surface area contributed by atoms with Crippen molar-refractivity contribution in [3.63, 3.8) is 0 Å². The fourth-order valence-electron chi connectivity index (χ4n) is 1.62. The van der Waals surface area contributed by atoms with Crippen LogP contribution in [0.15, 0.2) is 24.3 Å². The summed E-state index contributed by atoms with van der Waals surface area (Å²) in [7, 11) is 0. The van der Waals surface area contributed by atoms with Crippen molar-refractivity contribution in [2.24, 2.45) is 0 Å². The van der Waals surface area contributed by atoms with Gasteiger partial charge in [-0.3, -0.25) is 0 Å². The molecule has 0 radical (unpaired) electrons. The number of benzene rings is 1. The predicted molar refractivity (Wildman–Crippen MR) is 78.4 cm³/mol. The second kappa shape index (κ2) is 5.66. The summed E-state index contributed by atoms with van der Waals surface area (Å²) in [6, 6.07) is 8.64. The number of nitrogens with zero attached hydrogens (tertiary/aromatic N) is 2. The van der Waals surface area contributed by atoms with E-state index in [0.29, 0.717) is 37.7 Å². The minimum atomic E-state index is 0.131. The van der Waals surface area contributed by atoms with E-state index in [1.807, 2.05) is 6.07 Å². The first kappa shape index (κ1) is 14.0. The number of nitriles is 1. The van der Waals surface area contributed by atoms with E-state index in [2.05, 4.69) is 4.98 Å². The summed E-state index contributed by atoms with van der Waals surface area (Å²) in [5, 5.41) is 9.92. The third-order valence-electron chi connectivity index (χ3n) is 2.52. The smallest absolute Gasteiger partial charge is 0.0795 e. The molecule has 3 nitrogen and oxygen atoms in total. The van der Waals surface area contributed by atoms with Crippen LogP contribution in [-0.2, 0) is 6.42 Å². The second-order valence-electron chi connectivity index (χ2n) is 3.82.